The van der Waals surface area contributed by atoms with Crippen molar-refractivity contribution in [2.24, 2.45) is 0 Å². The molecule has 1 spiro atoms. The number of halogens is 1. The van der Waals surface area contributed by atoms with E-state index in [1.54, 1.807) is 6.07 Å². The standard InChI is InChI=1S/C20H23N3O6.ClH/c24-18-16(19(25)29-20(28-18)6-2-1-3-7-20)13-14-12-15(23(26)27)4-5-17(14)22-10-8-21-9-11-22;/h4-5,12-13,21H,1-3,6-11H2;1H. The van der Waals surface area contributed by atoms with Gasteiger partial charge in [-0.05, 0) is 25.0 Å². The molecule has 2 heterocycles. The minimum Gasteiger partial charge on any atom is -1.00 e. The van der Waals surface area contributed by atoms with Crippen molar-refractivity contribution in [3.63, 3.8) is 0 Å². The van der Waals surface area contributed by atoms with E-state index in [4.69, 9.17) is 9.47 Å². The Hall–Kier alpha value is -2.65. The number of nitrogens with two attached hydrogens (primary N) is 1. The van der Waals surface area contributed by atoms with Gasteiger partial charge in [-0.25, -0.2) is 9.59 Å². The third-order valence-corrected chi connectivity index (χ3v) is 5.68. The molecule has 162 valence electrons. The molecular weight excluding hydrogens is 414 g/mol. The van der Waals surface area contributed by atoms with Crippen molar-refractivity contribution in [1.82, 2.24) is 0 Å². The van der Waals surface area contributed by atoms with E-state index in [1.165, 1.54) is 18.2 Å². The molecule has 0 radical (unpaired) electrons. The summed E-state index contributed by atoms with van der Waals surface area (Å²) in [5.41, 5.74) is 0.844. The second-order valence-corrected chi connectivity index (χ2v) is 7.66. The van der Waals surface area contributed by atoms with E-state index in [0.29, 0.717) is 18.4 Å². The number of anilines is 1. The van der Waals surface area contributed by atoms with E-state index in [2.05, 4.69) is 10.2 Å². The summed E-state index contributed by atoms with van der Waals surface area (Å²) in [4.78, 5) is 38.1. The number of hydrogen-bond acceptors (Lipinski definition) is 7. The highest BCUT2D eigenvalue weighted by molar-refractivity contribution is 6.19. The maximum Gasteiger partial charge on any atom is 0.348 e. The number of nitrogens with zero attached hydrogens (tertiary/aromatic N) is 2. The molecule has 0 aromatic heterocycles. The van der Waals surface area contributed by atoms with Gasteiger partial charge in [0.1, 0.15) is 5.57 Å². The van der Waals surface area contributed by atoms with Crippen LogP contribution in [0, 0.1) is 10.1 Å². The second-order valence-electron chi connectivity index (χ2n) is 7.66. The highest BCUT2D eigenvalue weighted by atomic mass is 35.5. The van der Waals surface area contributed by atoms with Gasteiger partial charge in [0.05, 0.1) is 31.1 Å². The zero-order valence-electron chi connectivity index (χ0n) is 16.5. The van der Waals surface area contributed by atoms with E-state index in [9.17, 15) is 19.7 Å². The summed E-state index contributed by atoms with van der Waals surface area (Å²) < 4.78 is 11.1. The van der Waals surface area contributed by atoms with E-state index in [1.807, 2.05) is 0 Å². The Morgan fingerprint density at radius 3 is 2.30 bits per heavy atom. The Balaban J connectivity index is 0.00000256. The van der Waals surface area contributed by atoms with E-state index >= 15 is 0 Å². The molecule has 9 nitrogen and oxygen atoms in total. The lowest BCUT2D eigenvalue weighted by Crippen LogP contribution is -3.00. The summed E-state index contributed by atoms with van der Waals surface area (Å²) in [6, 6.07) is 4.48. The number of nitro benzene ring substituents is 1. The minimum atomic E-state index is -1.15. The number of nitro groups is 1. The summed E-state index contributed by atoms with van der Waals surface area (Å²) in [5.74, 6) is -2.61. The molecule has 10 heteroatoms. The maximum absolute atomic E-state index is 12.6. The number of carbonyl (C=O) groups excluding carboxylic acids is 2. The lowest BCUT2D eigenvalue weighted by atomic mass is 9.93. The molecule has 1 aromatic rings. The number of rotatable bonds is 3. The normalized spacial score (nSPS) is 20.8. The smallest absolute Gasteiger partial charge is 0.348 e. The predicted molar refractivity (Wildman–Crippen MR) is 103 cm³/mol. The van der Waals surface area contributed by atoms with Gasteiger partial charge >= 0.3 is 11.9 Å². The van der Waals surface area contributed by atoms with Crippen LogP contribution >= 0.6 is 0 Å². The first-order valence-electron chi connectivity index (χ1n) is 10.0. The van der Waals surface area contributed by atoms with Gasteiger partial charge in [-0.2, -0.15) is 0 Å². The van der Waals surface area contributed by atoms with Crippen LogP contribution in [0.4, 0.5) is 11.4 Å². The zero-order valence-corrected chi connectivity index (χ0v) is 17.2. The van der Waals surface area contributed by atoms with E-state index < -0.39 is 22.6 Å². The van der Waals surface area contributed by atoms with Crippen molar-refractivity contribution in [2.45, 2.75) is 37.9 Å². The fourth-order valence-corrected chi connectivity index (χ4v) is 4.17. The van der Waals surface area contributed by atoms with E-state index in [0.717, 1.165) is 51.1 Å². The molecule has 0 atom stereocenters. The molecule has 30 heavy (non-hydrogen) atoms. The van der Waals surface area contributed by atoms with Crippen LogP contribution in [0.2, 0.25) is 0 Å². The minimum absolute atomic E-state index is 0. The van der Waals surface area contributed by atoms with Gasteiger partial charge in [0, 0.05) is 36.2 Å². The quantitative estimate of drug-likeness (QED) is 0.193. The summed E-state index contributed by atoms with van der Waals surface area (Å²) in [7, 11) is 0. The second kappa shape index (κ2) is 9.01. The number of piperazine rings is 1. The summed E-state index contributed by atoms with van der Waals surface area (Å²) >= 11 is 0. The molecule has 1 aromatic carbocycles. The molecule has 1 saturated carbocycles. The van der Waals surface area contributed by atoms with Crippen molar-refractivity contribution >= 4 is 29.4 Å². The molecule has 3 aliphatic rings. The highest BCUT2D eigenvalue weighted by Gasteiger charge is 2.46. The van der Waals surface area contributed by atoms with Gasteiger partial charge < -0.3 is 32.1 Å². The Kier molecular flexibility index (Phi) is 6.62. The number of ether oxygens (including phenoxy) is 2. The van der Waals surface area contributed by atoms with Crippen LogP contribution in [0.15, 0.2) is 23.8 Å². The van der Waals surface area contributed by atoms with E-state index in [-0.39, 0.29) is 23.7 Å². The maximum atomic E-state index is 12.6. The van der Waals surface area contributed by atoms with Crippen molar-refractivity contribution in [1.29, 1.82) is 0 Å². The first-order valence-corrected chi connectivity index (χ1v) is 10.0. The number of non-ortho nitro benzene ring substituents is 1. The highest BCUT2D eigenvalue weighted by Crippen LogP contribution is 2.38. The average molecular weight is 438 g/mol. The number of benzene rings is 1. The van der Waals surface area contributed by atoms with Crippen molar-refractivity contribution in [3.05, 3.63) is 39.4 Å². The third kappa shape index (κ3) is 4.41. The first-order chi connectivity index (χ1) is 14.0. The van der Waals surface area contributed by atoms with Crippen LogP contribution in [0.5, 0.6) is 0 Å². The Morgan fingerprint density at radius 2 is 1.70 bits per heavy atom. The van der Waals surface area contributed by atoms with Gasteiger partial charge in [0.15, 0.2) is 0 Å². The van der Waals surface area contributed by atoms with Gasteiger partial charge in [-0.1, -0.05) is 6.42 Å². The summed E-state index contributed by atoms with van der Waals surface area (Å²) in [6.07, 6.45) is 5.06. The number of esters is 2. The van der Waals surface area contributed by atoms with Crippen LogP contribution in [0.1, 0.15) is 37.7 Å². The van der Waals surface area contributed by atoms with Gasteiger partial charge in [-0.15, -0.1) is 0 Å². The fraction of sp³-hybridized carbons (Fsp3) is 0.500. The Labute approximate surface area is 179 Å². The number of hydrogen-bond donors (Lipinski definition) is 1. The number of carbonyl (C=O) groups is 2. The fourth-order valence-electron chi connectivity index (χ4n) is 4.17. The van der Waals surface area contributed by atoms with Crippen LogP contribution in [0.25, 0.3) is 6.08 Å². The summed E-state index contributed by atoms with van der Waals surface area (Å²) in [5, 5.41) is 13.4. The van der Waals surface area contributed by atoms with Crippen LogP contribution < -0.4 is 22.6 Å². The average Bonchev–Trinajstić information content (AvgIpc) is 2.72. The molecular formula is C20H24ClN3O6. The van der Waals surface area contributed by atoms with Crippen molar-refractivity contribution < 1.29 is 41.7 Å². The van der Waals surface area contributed by atoms with Crippen LogP contribution in [0.3, 0.4) is 0 Å². The molecule has 0 amide bonds. The monoisotopic (exact) mass is 437 g/mol. The lowest BCUT2D eigenvalue weighted by Gasteiger charge is -2.38. The molecule has 0 unspecified atom stereocenters. The first kappa shape index (κ1) is 22.0. The lowest BCUT2D eigenvalue weighted by molar-refractivity contribution is -0.655. The van der Waals surface area contributed by atoms with Crippen molar-refractivity contribution in [3.8, 4) is 0 Å². The predicted octanol–water partition coefficient (Wildman–Crippen LogP) is -1.87. The molecule has 1 aliphatic carbocycles. The largest absolute Gasteiger partial charge is 1.00 e. The molecule has 2 aliphatic heterocycles. The van der Waals surface area contributed by atoms with Gasteiger partial charge in [-0.3, -0.25) is 10.1 Å². The summed E-state index contributed by atoms with van der Waals surface area (Å²) in [6.45, 7) is 3.34. The Morgan fingerprint density at radius 1 is 1.07 bits per heavy atom. The van der Waals surface area contributed by atoms with Crippen molar-refractivity contribution in [2.75, 3.05) is 31.1 Å². The van der Waals surface area contributed by atoms with Gasteiger partial charge in [0.25, 0.3) is 11.5 Å². The Bertz CT molecular complexity index is 853. The molecule has 0 bridgehead atoms. The SMILES string of the molecule is O=C1OC2(CCCCC2)OC(=O)C1=Cc1cc([N+](=O)[O-])ccc1N1CC[NH2+]CC1.[Cl-]. The molecule has 4 rings (SSSR count). The van der Waals surface area contributed by atoms with Crippen LogP contribution in [-0.2, 0) is 19.1 Å². The van der Waals surface area contributed by atoms with Gasteiger partial charge in [0.2, 0.25) is 0 Å². The topological polar surface area (TPSA) is 116 Å². The zero-order chi connectivity index (χ0) is 20.4. The molecule has 3 fully saturated rings. The molecule has 2 N–H and O–H groups in total. The number of quaternary nitrogens is 1. The van der Waals surface area contributed by atoms with Crippen LogP contribution in [-0.4, -0.2) is 48.8 Å². The molecule has 2 saturated heterocycles. The third-order valence-electron chi connectivity index (χ3n) is 5.68.